The fourth-order valence-electron chi connectivity index (χ4n) is 3.20. The van der Waals surface area contributed by atoms with Crippen LogP contribution in [0.3, 0.4) is 0 Å². The van der Waals surface area contributed by atoms with E-state index in [4.69, 9.17) is 18.9 Å². The molecule has 3 rings (SSSR count). The highest BCUT2D eigenvalue weighted by molar-refractivity contribution is 9.10. The van der Waals surface area contributed by atoms with Crippen LogP contribution in [0, 0.1) is 5.92 Å². The third kappa shape index (κ3) is 5.03. The average molecular weight is 517 g/mol. The summed E-state index contributed by atoms with van der Waals surface area (Å²) in [4.78, 5) is 25.6. The molecule has 8 nitrogen and oxygen atoms in total. The lowest BCUT2D eigenvalue weighted by Gasteiger charge is -2.15. The summed E-state index contributed by atoms with van der Waals surface area (Å²) in [7, 11) is 4.01. The minimum atomic E-state index is -0.721. The molecule has 0 saturated heterocycles. The van der Waals surface area contributed by atoms with Crippen LogP contribution >= 0.6 is 15.9 Å². The van der Waals surface area contributed by atoms with Gasteiger partial charge in [0, 0.05) is 5.56 Å². The molecule has 0 spiro atoms. The largest absolute Gasteiger partial charge is 0.493 e. The number of ether oxygens (including phenoxy) is 4. The third-order valence-electron chi connectivity index (χ3n) is 4.72. The first-order chi connectivity index (χ1) is 15.8. The van der Waals surface area contributed by atoms with E-state index in [0.717, 1.165) is 0 Å². The normalized spacial score (nSPS) is 10.8. The van der Waals surface area contributed by atoms with E-state index in [1.54, 1.807) is 36.4 Å². The molecule has 1 heterocycles. The number of hydrogen-bond donors (Lipinski definition) is 0. The summed E-state index contributed by atoms with van der Waals surface area (Å²) in [5, 5.41) is 4.61. The molecule has 0 amide bonds. The second-order valence-electron chi connectivity index (χ2n) is 7.50. The predicted molar refractivity (Wildman–Crippen MR) is 126 cm³/mol. The first-order valence-electron chi connectivity index (χ1n) is 10.2. The second-order valence-corrected chi connectivity index (χ2v) is 8.35. The number of hydrogen-bond acceptors (Lipinski definition) is 7. The van der Waals surface area contributed by atoms with Crippen molar-refractivity contribution in [2.45, 2.75) is 13.8 Å². The Kier molecular flexibility index (Phi) is 7.75. The quantitative estimate of drug-likeness (QED) is 0.392. The van der Waals surface area contributed by atoms with Crippen molar-refractivity contribution in [1.29, 1.82) is 0 Å². The lowest BCUT2D eigenvalue weighted by atomic mass is 10.0. The maximum atomic E-state index is 12.8. The van der Waals surface area contributed by atoms with Gasteiger partial charge in [-0.15, -0.1) is 0 Å². The number of methoxy groups -OCH3 is 3. The van der Waals surface area contributed by atoms with Crippen LogP contribution in [0.5, 0.6) is 11.5 Å². The number of aromatic nitrogens is 2. The van der Waals surface area contributed by atoms with Crippen molar-refractivity contribution >= 4 is 27.9 Å². The molecule has 9 heteroatoms. The van der Waals surface area contributed by atoms with Crippen LogP contribution < -0.4 is 9.47 Å². The Hall–Kier alpha value is -3.33. The van der Waals surface area contributed by atoms with Crippen molar-refractivity contribution in [3.05, 3.63) is 58.2 Å². The smallest absolute Gasteiger partial charge is 0.357 e. The van der Waals surface area contributed by atoms with Crippen LogP contribution in [-0.2, 0) is 9.47 Å². The van der Waals surface area contributed by atoms with E-state index in [2.05, 4.69) is 21.0 Å². The molecule has 0 unspecified atom stereocenters. The standard InChI is InChI=1S/C24H25BrN2O6/c1-14(2)13-33-22-17(25)11-15(12-18(22)30-3)20-19(23(28)31-4)21(24(29)32-5)27(26-20)16-9-7-6-8-10-16/h6-12,14H,13H2,1-5H3. The summed E-state index contributed by atoms with van der Waals surface area (Å²) >= 11 is 3.53. The maximum Gasteiger partial charge on any atom is 0.357 e. The molecule has 0 bridgehead atoms. The van der Waals surface area contributed by atoms with Gasteiger partial charge in [0.1, 0.15) is 11.3 Å². The molecule has 3 aromatic rings. The van der Waals surface area contributed by atoms with Crippen molar-refractivity contribution < 1.29 is 28.5 Å². The van der Waals surface area contributed by atoms with Gasteiger partial charge in [0.05, 0.1) is 38.1 Å². The molecule has 0 atom stereocenters. The van der Waals surface area contributed by atoms with Crippen LogP contribution in [0.1, 0.15) is 34.7 Å². The Balaban J connectivity index is 2.28. The summed E-state index contributed by atoms with van der Waals surface area (Å²) in [5.41, 5.74) is 1.28. The van der Waals surface area contributed by atoms with Crippen LogP contribution in [0.25, 0.3) is 16.9 Å². The van der Waals surface area contributed by atoms with Gasteiger partial charge in [-0.2, -0.15) is 5.10 Å². The Morgan fingerprint density at radius 3 is 2.27 bits per heavy atom. The minimum absolute atomic E-state index is 0.0157. The van der Waals surface area contributed by atoms with Gasteiger partial charge in [-0.25, -0.2) is 14.3 Å². The summed E-state index contributed by atoms with van der Waals surface area (Å²) in [6, 6.07) is 12.4. The zero-order chi connectivity index (χ0) is 24.1. The molecule has 2 aromatic carbocycles. The second kappa shape index (κ2) is 10.5. The number of nitrogens with zero attached hydrogens (tertiary/aromatic N) is 2. The molecule has 0 aliphatic heterocycles. The fourth-order valence-corrected chi connectivity index (χ4v) is 3.76. The third-order valence-corrected chi connectivity index (χ3v) is 5.31. The summed E-state index contributed by atoms with van der Waals surface area (Å²) < 4.78 is 23.4. The first-order valence-corrected chi connectivity index (χ1v) is 11.0. The summed E-state index contributed by atoms with van der Waals surface area (Å²) in [6.07, 6.45) is 0. The maximum absolute atomic E-state index is 12.8. The van der Waals surface area contributed by atoms with Gasteiger partial charge in [-0.05, 0) is 46.1 Å². The van der Waals surface area contributed by atoms with Crippen molar-refractivity contribution in [1.82, 2.24) is 9.78 Å². The Labute approximate surface area is 200 Å². The highest BCUT2D eigenvalue weighted by Gasteiger charge is 2.32. The van der Waals surface area contributed by atoms with Crippen LogP contribution in [0.4, 0.5) is 0 Å². The van der Waals surface area contributed by atoms with Gasteiger partial charge in [-0.3, -0.25) is 0 Å². The molecule has 0 saturated carbocycles. The highest BCUT2D eigenvalue weighted by atomic mass is 79.9. The van der Waals surface area contributed by atoms with E-state index < -0.39 is 11.9 Å². The van der Waals surface area contributed by atoms with Crippen molar-refractivity contribution in [2.24, 2.45) is 5.92 Å². The topological polar surface area (TPSA) is 88.9 Å². The van der Waals surface area contributed by atoms with Gasteiger partial charge in [-0.1, -0.05) is 32.0 Å². The van der Waals surface area contributed by atoms with Crippen LogP contribution in [0.15, 0.2) is 46.9 Å². The van der Waals surface area contributed by atoms with E-state index >= 15 is 0 Å². The highest BCUT2D eigenvalue weighted by Crippen LogP contribution is 2.41. The molecule has 0 N–H and O–H groups in total. The van der Waals surface area contributed by atoms with E-state index in [0.29, 0.717) is 39.7 Å². The summed E-state index contributed by atoms with van der Waals surface area (Å²) in [6.45, 7) is 4.58. The lowest BCUT2D eigenvalue weighted by Crippen LogP contribution is -2.15. The number of carbonyl (C=O) groups excluding carboxylic acids is 2. The molecular weight excluding hydrogens is 492 g/mol. The number of carbonyl (C=O) groups is 2. The monoisotopic (exact) mass is 516 g/mol. The average Bonchev–Trinajstić information content (AvgIpc) is 3.23. The molecule has 174 valence electrons. The number of halogens is 1. The number of esters is 2. The molecule has 0 radical (unpaired) electrons. The van der Waals surface area contributed by atoms with Gasteiger partial charge < -0.3 is 18.9 Å². The molecule has 0 fully saturated rings. The van der Waals surface area contributed by atoms with Crippen molar-refractivity contribution in [3.8, 4) is 28.4 Å². The van der Waals surface area contributed by atoms with Gasteiger partial charge in [0.25, 0.3) is 0 Å². The Morgan fingerprint density at radius 2 is 1.70 bits per heavy atom. The Morgan fingerprint density at radius 1 is 1.03 bits per heavy atom. The lowest BCUT2D eigenvalue weighted by molar-refractivity contribution is 0.0549. The molecule has 0 aliphatic carbocycles. The van der Waals surface area contributed by atoms with Crippen molar-refractivity contribution in [2.75, 3.05) is 27.9 Å². The van der Waals surface area contributed by atoms with E-state index in [-0.39, 0.29) is 17.0 Å². The molecular formula is C24H25BrN2O6. The number of para-hydroxylation sites is 1. The number of rotatable bonds is 8. The SMILES string of the molecule is COC(=O)c1c(-c2cc(Br)c(OCC(C)C)c(OC)c2)nn(-c2ccccc2)c1C(=O)OC. The fraction of sp³-hybridized carbons (Fsp3) is 0.292. The zero-order valence-electron chi connectivity index (χ0n) is 19.0. The zero-order valence-corrected chi connectivity index (χ0v) is 20.6. The molecule has 33 heavy (non-hydrogen) atoms. The minimum Gasteiger partial charge on any atom is -0.493 e. The predicted octanol–water partition coefficient (Wildman–Crippen LogP) is 4.92. The van der Waals surface area contributed by atoms with Crippen LogP contribution in [0.2, 0.25) is 0 Å². The molecule has 1 aromatic heterocycles. The van der Waals surface area contributed by atoms with Gasteiger partial charge >= 0.3 is 11.9 Å². The summed E-state index contributed by atoms with van der Waals surface area (Å²) in [5.74, 6) is -0.143. The van der Waals surface area contributed by atoms with Gasteiger partial charge in [0.2, 0.25) is 0 Å². The van der Waals surface area contributed by atoms with Crippen molar-refractivity contribution in [3.63, 3.8) is 0 Å². The van der Waals surface area contributed by atoms with Crippen LogP contribution in [-0.4, -0.2) is 49.7 Å². The Bertz CT molecular complexity index is 1160. The first kappa shape index (κ1) is 24.3. The van der Waals surface area contributed by atoms with E-state index in [1.165, 1.54) is 26.0 Å². The van der Waals surface area contributed by atoms with Gasteiger partial charge in [0.15, 0.2) is 17.2 Å². The number of benzene rings is 2. The van der Waals surface area contributed by atoms with E-state index in [1.807, 2.05) is 19.9 Å². The molecule has 0 aliphatic rings. The van der Waals surface area contributed by atoms with E-state index in [9.17, 15) is 9.59 Å².